The third-order valence-electron chi connectivity index (χ3n) is 3.32. The molecule has 1 aromatic carbocycles. The zero-order valence-corrected chi connectivity index (χ0v) is 11.7. The van der Waals surface area contributed by atoms with Crippen LogP contribution in [-0.2, 0) is 4.74 Å². The van der Waals surface area contributed by atoms with Gasteiger partial charge in [-0.2, -0.15) is 0 Å². The minimum Gasteiger partial charge on any atom is -0.462 e. The number of hydrogen-bond donors (Lipinski definition) is 1. The smallest absolute Gasteiger partial charge is 0.344 e. The number of nitrogen functional groups attached to an aromatic ring is 1. The second-order valence-corrected chi connectivity index (χ2v) is 4.67. The Labute approximate surface area is 116 Å². The maximum atomic E-state index is 12.2. The molecule has 2 rings (SSSR count). The summed E-state index contributed by atoms with van der Waals surface area (Å²) >= 11 is 0. The molecule has 0 amide bonds. The molecular formula is C15H18N2O3. The van der Waals surface area contributed by atoms with E-state index in [0.717, 1.165) is 22.9 Å². The SMILES string of the molecule is CCCCOC(=O)c1c(=O)n(N)c(C)c2ccccc12. The maximum absolute atomic E-state index is 12.2. The normalized spacial score (nSPS) is 10.7. The van der Waals surface area contributed by atoms with Gasteiger partial charge in [-0.1, -0.05) is 37.6 Å². The lowest BCUT2D eigenvalue weighted by Gasteiger charge is -2.12. The predicted molar refractivity (Wildman–Crippen MR) is 78.3 cm³/mol. The first kappa shape index (κ1) is 14.1. The Morgan fingerprint density at radius 3 is 2.60 bits per heavy atom. The first-order valence-corrected chi connectivity index (χ1v) is 6.64. The van der Waals surface area contributed by atoms with Crippen molar-refractivity contribution < 1.29 is 9.53 Å². The summed E-state index contributed by atoms with van der Waals surface area (Å²) in [6, 6.07) is 7.19. The standard InChI is InChI=1S/C15H18N2O3/c1-3-4-9-20-15(19)13-12-8-6-5-7-11(12)10(2)17(16)14(13)18/h5-8H,3-4,9,16H2,1-2H3. The van der Waals surface area contributed by atoms with E-state index in [1.807, 2.05) is 19.1 Å². The highest BCUT2D eigenvalue weighted by atomic mass is 16.5. The number of nitrogens with zero attached hydrogens (tertiary/aromatic N) is 1. The number of aryl methyl sites for hydroxylation is 1. The zero-order chi connectivity index (χ0) is 14.7. The predicted octanol–water partition coefficient (Wildman–Crippen LogP) is 1.98. The van der Waals surface area contributed by atoms with Crippen molar-refractivity contribution >= 4 is 16.7 Å². The summed E-state index contributed by atoms with van der Waals surface area (Å²) < 4.78 is 6.14. The van der Waals surface area contributed by atoms with E-state index in [0.29, 0.717) is 17.7 Å². The van der Waals surface area contributed by atoms with Gasteiger partial charge < -0.3 is 10.6 Å². The number of benzene rings is 1. The quantitative estimate of drug-likeness (QED) is 0.525. The Balaban J connectivity index is 2.58. The molecule has 0 spiro atoms. The molecule has 0 fully saturated rings. The van der Waals surface area contributed by atoms with Gasteiger partial charge in [0.25, 0.3) is 5.56 Å². The molecule has 20 heavy (non-hydrogen) atoms. The van der Waals surface area contributed by atoms with Crippen molar-refractivity contribution in [1.82, 2.24) is 4.68 Å². The van der Waals surface area contributed by atoms with Crippen LogP contribution in [-0.4, -0.2) is 17.3 Å². The van der Waals surface area contributed by atoms with E-state index in [9.17, 15) is 9.59 Å². The summed E-state index contributed by atoms with van der Waals surface area (Å²) in [5, 5.41) is 1.36. The van der Waals surface area contributed by atoms with Crippen molar-refractivity contribution in [3.05, 3.63) is 45.9 Å². The summed E-state index contributed by atoms with van der Waals surface area (Å²) in [6.07, 6.45) is 1.69. The topological polar surface area (TPSA) is 74.3 Å². The highest BCUT2D eigenvalue weighted by Gasteiger charge is 2.19. The van der Waals surface area contributed by atoms with Crippen molar-refractivity contribution in [3.63, 3.8) is 0 Å². The zero-order valence-electron chi connectivity index (χ0n) is 11.7. The summed E-state index contributed by atoms with van der Waals surface area (Å²) in [5.74, 6) is 5.13. The van der Waals surface area contributed by atoms with Crippen LogP contribution >= 0.6 is 0 Å². The van der Waals surface area contributed by atoms with Crippen LogP contribution in [0.4, 0.5) is 0 Å². The number of carbonyl (C=O) groups excluding carboxylic acids is 1. The molecule has 5 nitrogen and oxygen atoms in total. The van der Waals surface area contributed by atoms with Crippen LogP contribution in [0.25, 0.3) is 10.8 Å². The van der Waals surface area contributed by atoms with E-state index in [1.165, 1.54) is 0 Å². The molecule has 0 aliphatic heterocycles. The average molecular weight is 274 g/mol. The summed E-state index contributed by atoms with van der Waals surface area (Å²) in [4.78, 5) is 24.3. The number of aromatic nitrogens is 1. The largest absolute Gasteiger partial charge is 0.462 e. The molecule has 0 atom stereocenters. The monoisotopic (exact) mass is 274 g/mol. The first-order chi connectivity index (χ1) is 9.57. The number of unbranched alkanes of at least 4 members (excludes halogenated alkanes) is 1. The Bertz CT molecular complexity index is 704. The number of carbonyl (C=O) groups is 1. The van der Waals surface area contributed by atoms with E-state index in [4.69, 9.17) is 10.6 Å². The van der Waals surface area contributed by atoms with Gasteiger partial charge in [0.2, 0.25) is 0 Å². The molecule has 106 valence electrons. The number of rotatable bonds is 4. The lowest BCUT2D eigenvalue weighted by Crippen LogP contribution is -2.34. The van der Waals surface area contributed by atoms with Crippen molar-refractivity contribution in [1.29, 1.82) is 0 Å². The van der Waals surface area contributed by atoms with Gasteiger partial charge in [-0.05, 0) is 13.3 Å². The Morgan fingerprint density at radius 1 is 1.30 bits per heavy atom. The molecule has 1 aromatic heterocycles. The molecule has 0 aliphatic carbocycles. The van der Waals surface area contributed by atoms with Crippen LogP contribution in [0, 0.1) is 6.92 Å². The fourth-order valence-corrected chi connectivity index (χ4v) is 2.11. The van der Waals surface area contributed by atoms with Gasteiger partial charge in [0.15, 0.2) is 0 Å². The second kappa shape index (κ2) is 5.77. The fourth-order valence-electron chi connectivity index (χ4n) is 2.11. The van der Waals surface area contributed by atoms with Gasteiger partial charge in [0.1, 0.15) is 5.56 Å². The molecule has 5 heteroatoms. The molecule has 1 heterocycles. The van der Waals surface area contributed by atoms with E-state index in [2.05, 4.69) is 0 Å². The summed E-state index contributed by atoms with van der Waals surface area (Å²) in [5.41, 5.74) is 0.100. The molecule has 2 N–H and O–H groups in total. The van der Waals surface area contributed by atoms with E-state index < -0.39 is 11.5 Å². The first-order valence-electron chi connectivity index (χ1n) is 6.64. The number of ether oxygens (including phenoxy) is 1. The van der Waals surface area contributed by atoms with E-state index in [1.54, 1.807) is 19.1 Å². The number of hydrogen-bond acceptors (Lipinski definition) is 4. The molecule has 0 aliphatic rings. The van der Waals surface area contributed by atoms with E-state index in [-0.39, 0.29) is 5.56 Å². The van der Waals surface area contributed by atoms with Crippen molar-refractivity contribution in [2.24, 2.45) is 0 Å². The van der Waals surface area contributed by atoms with Gasteiger partial charge in [0.05, 0.1) is 6.61 Å². The van der Waals surface area contributed by atoms with Gasteiger partial charge in [-0.25, -0.2) is 9.47 Å². The van der Waals surface area contributed by atoms with Crippen molar-refractivity contribution in [2.75, 3.05) is 12.4 Å². The highest BCUT2D eigenvalue weighted by Crippen LogP contribution is 2.19. The lowest BCUT2D eigenvalue weighted by atomic mass is 10.1. The highest BCUT2D eigenvalue weighted by molar-refractivity contribution is 6.04. The third kappa shape index (κ3) is 2.39. The third-order valence-corrected chi connectivity index (χ3v) is 3.32. The van der Waals surface area contributed by atoms with Crippen molar-refractivity contribution in [3.8, 4) is 0 Å². The van der Waals surface area contributed by atoms with Gasteiger partial charge in [-0.15, -0.1) is 0 Å². The minimum atomic E-state index is -0.612. The van der Waals surface area contributed by atoms with Gasteiger partial charge >= 0.3 is 5.97 Å². The molecular weight excluding hydrogens is 256 g/mol. The molecule has 0 unspecified atom stereocenters. The van der Waals surface area contributed by atoms with E-state index >= 15 is 0 Å². The Morgan fingerprint density at radius 2 is 1.95 bits per heavy atom. The van der Waals surface area contributed by atoms with Crippen LogP contribution < -0.4 is 11.4 Å². The van der Waals surface area contributed by atoms with Crippen LogP contribution in [0.15, 0.2) is 29.1 Å². The van der Waals surface area contributed by atoms with Gasteiger partial charge in [-0.3, -0.25) is 4.79 Å². The molecule has 0 saturated heterocycles. The number of pyridine rings is 1. The summed E-state index contributed by atoms with van der Waals surface area (Å²) in [6.45, 7) is 4.06. The van der Waals surface area contributed by atoms with Crippen LogP contribution in [0.1, 0.15) is 35.8 Å². The average Bonchev–Trinajstić information content (AvgIpc) is 2.45. The lowest BCUT2D eigenvalue weighted by molar-refractivity contribution is 0.0499. The maximum Gasteiger partial charge on any atom is 0.344 e. The van der Waals surface area contributed by atoms with Crippen molar-refractivity contribution in [2.45, 2.75) is 26.7 Å². The van der Waals surface area contributed by atoms with Crippen LogP contribution in [0.2, 0.25) is 0 Å². The second-order valence-electron chi connectivity index (χ2n) is 4.67. The Kier molecular flexibility index (Phi) is 4.08. The molecule has 2 aromatic rings. The fraction of sp³-hybridized carbons (Fsp3) is 0.333. The number of esters is 1. The van der Waals surface area contributed by atoms with Crippen LogP contribution in [0.3, 0.4) is 0 Å². The molecule has 0 saturated carbocycles. The minimum absolute atomic E-state index is 0.00445. The van der Waals surface area contributed by atoms with Crippen LogP contribution in [0.5, 0.6) is 0 Å². The molecule has 0 bridgehead atoms. The van der Waals surface area contributed by atoms with Gasteiger partial charge in [0, 0.05) is 16.5 Å². The Hall–Kier alpha value is -2.30. The number of fused-ring (bicyclic) bond motifs is 1. The molecule has 0 radical (unpaired) electrons. The number of nitrogens with two attached hydrogens (primary N) is 1. The summed E-state index contributed by atoms with van der Waals surface area (Å²) in [7, 11) is 0.